The number of nitrogens with one attached hydrogen (secondary N) is 3. The van der Waals surface area contributed by atoms with Gasteiger partial charge in [0.25, 0.3) is 0 Å². The predicted octanol–water partition coefficient (Wildman–Crippen LogP) is 3.06. The van der Waals surface area contributed by atoms with Crippen LogP contribution in [0.3, 0.4) is 0 Å². The second-order valence-electron chi connectivity index (χ2n) is 7.09. The monoisotopic (exact) mass is 443 g/mol. The molecule has 166 valence electrons. The van der Waals surface area contributed by atoms with E-state index >= 15 is 0 Å². The van der Waals surface area contributed by atoms with Crippen LogP contribution < -0.4 is 16.0 Å². The summed E-state index contributed by atoms with van der Waals surface area (Å²) in [4.78, 5) is 36.4. The first-order valence-electron chi connectivity index (χ1n) is 9.73. The molecule has 3 rings (SSSR count). The Morgan fingerprint density at radius 2 is 1.59 bits per heavy atom. The van der Waals surface area contributed by atoms with Gasteiger partial charge in [-0.05, 0) is 35.4 Å². The number of hydrogen-bond acceptors (Lipinski definition) is 3. The molecule has 0 heterocycles. The molecule has 0 saturated heterocycles. The number of anilines is 1. The van der Waals surface area contributed by atoms with E-state index in [2.05, 4.69) is 10.6 Å². The van der Waals surface area contributed by atoms with E-state index in [1.54, 1.807) is 0 Å². The third-order valence-electron chi connectivity index (χ3n) is 4.73. The summed E-state index contributed by atoms with van der Waals surface area (Å²) in [6.07, 6.45) is 0.0644. The van der Waals surface area contributed by atoms with Crippen molar-refractivity contribution in [3.8, 4) is 0 Å². The molecule has 0 aliphatic heterocycles. The van der Waals surface area contributed by atoms with Crippen molar-refractivity contribution >= 4 is 34.2 Å². The summed E-state index contributed by atoms with van der Waals surface area (Å²) in [5, 5.41) is 8.81. The minimum absolute atomic E-state index is 0.0644. The smallest absolute Gasteiger partial charge is 0.243 e. The first-order chi connectivity index (χ1) is 15.3. The summed E-state index contributed by atoms with van der Waals surface area (Å²) < 4.78 is 39.8. The molecule has 9 heteroatoms. The van der Waals surface area contributed by atoms with Crippen LogP contribution in [0.5, 0.6) is 0 Å². The van der Waals surface area contributed by atoms with Gasteiger partial charge in [0, 0.05) is 0 Å². The van der Waals surface area contributed by atoms with Crippen LogP contribution in [-0.4, -0.2) is 30.3 Å². The molecule has 0 bridgehead atoms. The van der Waals surface area contributed by atoms with Crippen LogP contribution in [0.1, 0.15) is 12.5 Å². The highest BCUT2D eigenvalue weighted by Crippen LogP contribution is 2.20. The second-order valence-corrected chi connectivity index (χ2v) is 7.09. The fourth-order valence-electron chi connectivity index (χ4n) is 3.12. The van der Waals surface area contributed by atoms with E-state index in [4.69, 9.17) is 0 Å². The Hall–Kier alpha value is -3.88. The zero-order valence-corrected chi connectivity index (χ0v) is 17.0. The van der Waals surface area contributed by atoms with E-state index in [1.807, 2.05) is 47.8 Å². The van der Waals surface area contributed by atoms with E-state index in [9.17, 15) is 27.6 Å². The van der Waals surface area contributed by atoms with Crippen molar-refractivity contribution in [2.45, 2.75) is 19.4 Å². The highest BCUT2D eigenvalue weighted by atomic mass is 19.2. The molecular weight excluding hydrogens is 423 g/mol. The van der Waals surface area contributed by atoms with Gasteiger partial charge in [0.2, 0.25) is 17.7 Å². The van der Waals surface area contributed by atoms with Crippen molar-refractivity contribution < 1.29 is 27.6 Å². The molecule has 3 N–H and O–H groups in total. The van der Waals surface area contributed by atoms with E-state index < -0.39 is 47.5 Å². The van der Waals surface area contributed by atoms with Gasteiger partial charge in [-0.25, -0.2) is 13.2 Å². The lowest BCUT2D eigenvalue weighted by Gasteiger charge is -2.15. The summed E-state index contributed by atoms with van der Waals surface area (Å²) >= 11 is 0. The Bertz CT molecular complexity index is 1180. The zero-order valence-electron chi connectivity index (χ0n) is 17.0. The van der Waals surface area contributed by atoms with Crippen LogP contribution in [0, 0.1) is 17.5 Å². The van der Waals surface area contributed by atoms with Crippen LogP contribution >= 0.6 is 0 Å². The molecule has 0 unspecified atom stereocenters. The van der Waals surface area contributed by atoms with Crippen molar-refractivity contribution in [2.24, 2.45) is 0 Å². The average Bonchev–Trinajstić information content (AvgIpc) is 2.78. The van der Waals surface area contributed by atoms with Crippen LogP contribution in [0.2, 0.25) is 0 Å². The highest BCUT2D eigenvalue weighted by molar-refractivity contribution is 5.96. The standard InChI is InChI=1S/C23H20F3N3O3/c1-13(28-19(30)11-15-7-4-6-14-5-2-3-8-16(14)15)23(32)27-12-20(31)29-18-10-9-17(24)21(25)22(18)26/h2-10,13H,11-12H2,1H3,(H,27,32)(H,28,30)(H,29,31)/t13-/m1/s1. The number of amides is 3. The van der Waals surface area contributed by atoms with Crippen LogP contribution in [0.4, 0.5) is 18.9 Å². The Balaban J connectivity index is 1.50. The molecule has 6 nitrogen and oxygen atoms in total. The van der Waals surface area contributed by atoms with Gasteiger partial charge in [-0.2, -0.15) is 0 Å². The SMILES string of the molecule is C[C@@H](NC(=O)Cc1cccc2ccccc12)C(=O)NCC(=O)Nc1ccc(F)c(F)c1F. The lowest BCUT2D eigenvalue weighted by Crippen LogP contribution is -2.47. The number of carbonyl (C=O) groups is 3. The molecule has 0 radical (unpaired) electrons. The lowest BCUT2D eigenvalue weighted by atomic mass is 10.0. The predicted molar refractivity (Wildman–Crippen MR) is 113 cm³/mol. The Kier molecular flexibility index (Phi) is 7.09. The van der Waals surface area contributed by atoms with Gasteiger partial charge in [0.1, 0.15) is 6.04 Å². The number of fused-ring (bicyclic) bond motifs is 1. The largest absolute Gasteiger partial charge is 0.345 e. The topological polar surface area (TPSA) is 87.3 Å². The van der Waals surface area contributed by atoms with E-state index in [0.29, 0.717) is 6.07 Å². The summed E-state index contributed by atoms with van der Waals surface area (Å²) in [5.41, 5.74) is 0.251. The first-order valence-corrected chi connectivity index (χ1v) is 9.73. The van der Waals surface area contributed by atoms with Gasteiger partial charge < -0.3 is 16.0 Å². The van der Waals surface area contributed by atoms with Crippen molar-refractivity contribution in [3.05, 3.63) is 77.6 Å². The third kappa shape index (κ3) is 5.42. The lowest BCUT2D eigenvalue weighted by molar-refractivity contribution is -0.129. The quantitative estimate of drug-likeness (QED) is 0.491. The summed E-state index contributed by atoms with van der Waals surface area (Å²) in [6.45, 7) is 0.893. The number of carbonyl (C=O) groups excluding carboxylic acids is 3. The Morgan fingerprint density at radius 1 is 0.875 bits per heavy atom. The molecule has 0 aliphatic rings. The van der Waals surface area contributed by atoms with E-state index in [1.165, 1.54) is 6.92 Å². The van der Waals surface area contributed by atoms with Crippen LogP contribution in [0.25, 0.3) is 10.8 Å². The van der Waals surface area contributed by atoms with Crippen molar-refractivity contribution in [1.29, 1.82) is 0 Å². The van der Waals surface area contributed by atoms with Crippen molar-refractivity contribution in [1.82, 2.24) is 10.6 Å². The molecule has 0 aliphatic carbocycles. The minimum atomic E-state index is -1.71. The Labute approximate surface area is 181 Å². The third-order valence-corrected chi connectivity index (χ3v) is 4.73. The zero-order chi connectivity index (χ0) is 23.3. The van der Waals surface area contributed by atoms with Crippen LogP contribution in [0.15, 0.2) is 54.6 Å². The fourth-order valence-corrected chi connectivity index (χ4v) is 3.12. The van der Waals surface area contributed by atoms with Gasteiger partial charge >= 0.3 is 0 Å². The molecule has 32 heavy (non-hydrogen) atoms. The molecule has 0 saturated carbocycles. The fraction of sp³-hybridized carbons (Fsp3) is 0.174. The van der Waals surface area contributed by atoms with E-state index in [-0.39, 0.29) is 12.3 Å². The maximum absolute atomic E-state index is 13.6. The summed E-state index contributed by atoms with van der Waals surface area (Å²) in [6, 6.07) is 13.8. The first kappa shape index (κ1) is 22.8. The molecule has 0 fully saturated rings. The van der Waals surface area contributed by atoms with Gasteiger partial charge in [0.05, 0.1) is 18.7 Å². The molecule has 1 atom stereocenters. The number of rotatable bonds is 7. The Morgan fingerprint density at radius 3 is 2.38 bits per heavy atom. The molecular formula is C23H20F3N3O3. The van der Waals surface area contributed by atoms with Crippen molar-refractivity contribution in [3.63, 3.8) is 0 Å². The van der Waals surface area contributed by atoms with Gasteiger partial charge in [-0.1, -0.05) is 42.5 Å². The highest BCUT2D eigenvalue weighted by Gasteiger charge is 2.19. The van der Waals surface area contributed by atoms with Gasteiger partial charge in [-0.3, -0.25) is 14.4 Å². The second kappa shape index (κ2) is 9.95. The molecule has 0 aromatic heterocycles. The van der Waals surface area contributed by atoms with E-state index in [0.717, 1.165) is 22.4 Å². The number of hydrogen-bond donors (Lipinski definition) is 3. The molecule has 3 amide bonds. The minimum Gasteiger partial charge on any atom is -0.345 e. The normalized spacial score (nSPS) is 11.6. The summed E-state index contributed by atoms with van der Waals surface area (Å²) in [7, 11) is 0. The average molecular weight is 443 g/mol. The summed E-state index contributed by atoms with van der Waals surface area (Å²) in [5.74, 6) is -6.51. The number of halogens is 3. The van der Waals surface area contributed by atoms with Gasteiger partial charge in [0.15, 0.2) is 17.5 Å². The van der Waals surface area contributed by atoms with Crippen molar-refractivity contribution in [2.75, 3.05) is 11.9 Å². The maximum Gasteiger partial charge on any atom is 0.243 e. The maximum atomic E-state index is 13.6. The molecule has 3 aromatic rings. The van der Waals surface area contributed by atoms with Gasteiger partial charge in [-0.15, -0.1) is 0 Å². The van der Waals surface area contributed by atoms with Crippen LogP contribution in [-0.2, 0) is 20.8 Å². The molecule has 0 spiro atoms. The number of benzene rings is 3. The molecule has 3 aromatic carbocycles.